The number of carbonyl (C=O) groups excluding carboxylic acids is 4. The van der Waals surface area contributed by atoms with E-state index in [-0.39, 0.29) is 43.0 Å². The normalized spacial score (nSPS) is 20.5. The second-order valence-electron chi connectivity index (χ2n) is 10.3. The lowest BCUT2D eigenvalue weighted by atomic mass is 9.90. The lowest BCUT2D eigenvalue weighted by molar-refractivity contribution is -0.155. The van der Waals surface area contributed by atoms with E-state index in [1.807, 2.05) is 0 Å². The first kappa shape index (κ1) is 32.2. The molecule has 13 heteroatoms. The topological polar surface area (TPSA) is 141 Å². The monoisotopic (exact) mass is 603 g/mol. The minimum Gasteiger partial charge on any atom is -0.390 e. The van der Waals surface area contributed by atoms with E-state index in [2.05, 4.69) is 27.2 Å². The maximum atomic E-state index is 13.3. The van der Waals surface area contributed by atoms with E-state index < -0.39 is 18.0 Å². The third kappa shape index (κ3) is 9.34. The number of aromatic nitrogens is 1. The van der Waals surface area contributed by atoms with Crippen LogP contribution in [0.1, 0.15) is 34.6 Å². The minimum atomic E-state index is -0.821. The number of carbonyl (C=O) groups is 4. The summed E-state index contributed by atoms with van der Waals surface area (Å²) in [5.41, 5.74) is 5.56. The molecule has 222 valence electrons. The molecule has 3 atom stereocenters. The number of nitrogens with zero attached hydrogens (tertiary/aromatic N) is 5. The van der Waals surface area contributed by atoms with Crippen LogP contribution in [-0.2, 0) is 20.8 Å². The van der Waals surface area contributed by atoms with Gasteiger partial charge in [0.1, 0.15) is 12.6 Å². The number of piperidine rings is 1. The van der Waals surface area contributed by atoms with Crippen molar-refractivity contribution >= 4 is 52.8 Å². The molecule has 2 aliphatic heterocycles. The number of ketones is 1. The van der Waals surface area contributed by atoms with E-state index in [4.69, 9.17) is 17.3 Å². The highest BCUT2D eigenvalue weighted by Gasteiger charge is 2.39. The van der Waals surface area contributed by atoms with Crippen LogP contribution in [0.2, 0.25) is 5.02 Å². The average Bonchev–Trinajstić information content (AvgIpc) is 3.49. The molecule has 0 bridgehead atoms. The lowest BCUT2D eigenvalue weighted by Crippen LogP contribution is -2.61. The van der Waals surface area contributed by atoms with Crippen LogP contribution in [0.25, 0.3) is 0 Å². The molecule has 2 fully saturated rings. The number of likely N-dealkylation sites (tertiary alicyclic amines) is 1. The molecule has 2 saturated heterocycles. The van der Waals surface area contributed by atoms with Crippen molar-refractivity contribution < 1.29 is 19.2 Å². The number of hydrogen-bond donors (Lipinski definition) is 2. The molecule has 1 aromatic carbocycles. The SMILES string of the molecule is CN1CCCC(C[C@H](NC(=O)CN2C(=O)CN(C)C(=O)[C@@H]2Cc2ccc(Cl)cc2)C(=O)c2nccs2)C1.CN=CN. The van der Waals surface area contributed by atoms with Gasteiger partial charge >= 0.3 is 0 Å². The van der Waals surface area contributed by atoms with Crippen molar-refractivity contribution in [2.45, 2.75) is 37.8 Å². The van der Waals surface area contributed by atoms with E-state index in [9.17, 15) is 19.2 Å². The van der Waals surface area contributed by atoms with Gasteiger partial charge in [-0.1, -0.05) is 23.7 Å². The van der Waals surface area contributed by atoms with Gasteiger partial charge in [0.05, 0.1) is 18.9 Å². The van der Waals surface area contributed by atoms with Crippen molar-refractivity contribution in [3.63, 3.8) is 0 Å². The first-order chi connectivity index (χ1) is 19.6. The maximum Gasteiger partial charge on any atom is 0.245 e. The molecule has 2 aliphatic rings. The average molecular weight is 604 g/mol. The van der Waals surface area contributed by atoms with E-state index in [0.717, 1.165) is 31.5 Å². The number of thiazole rings is 1. The van der Waals surface area contributed by atoms with Gasteiger partial charge in [0, 0.05) is 43.7 Å². The summed E-state index contributed by atoms with van der Waals surface area (Å²) < 4.78 is 0. The van der Waals surface area contributed by atoms with E-state index in [0.29, 0.717) is 16.5 Å². The number of nitrogens with one attached hydrogen (secondary N) is 1. The Balaban J connectivity index is 0.00000108. The highest BCUT2D eigenvalue weighted by molar-refractivity contribution is 7.11. The van der Waals surface area contributed by atoms with Crippen molar-refractivity contribution in [2.75, 3.05) is 47.3 Å². The van der Waals surface area contributed by atoms with E-state index in [1.165, 1.54) is 27.5 Å². The van der Waals surface area contributed by atoms with Gasteiger partial charge in [-0.25, -0.2) is 4.98 Å². The molecular formula is C28H38ClN7O4S. The number of piperazine rings is 1. The lowest BCUT2D eigenvalue weighted by Gasteiger charge is -2.39. The fourth-order valence-corrected chi connectivity index (χ4v) is 5.85. The molecule has 0 radical (unpaired) electrons. The summed E-state index contributed by atoms with van der Waals surface area (Å²) in [5, 5.41) is 5.53. The molecule has 3 N–H and O–H groups in total. The number of halogens is 1. The zero-order valence-electron chi connectivity index (χ0n) is 23.7. The van der Waals surface area contributed by atoms with Crippen LogP contribution < -0.4 is 11.1 Å². The molecule has 3 heterocycles. The molecule has 0 saturated carbocycles. The molecule has 2 aromatic rings. The summed E-state index contributed by atoms with van der Waals surface area (Å²) in [4.78, 5) is 64.9. The van der Waals surface area contributed by atoms with Crippen molar-refractivity contribution in [1.82, 2.24) is 25.0 Å². The van der Waals surface area contributed by atoms with Crippen LogP contribution in [0.5, 0.6) is 0 Å². The molecule has 3 amide bonds. The molecule has 4 rings (SSSR count). The Labute approximate surface area is 249 Å². The van der Waals surface area contributed by atoms with E-state index >= 15 is 0 Å². The first-order valence-corrected chi connectivity index (χ1v) is 14.7. The van der Waals surface area contributed by atoms with Gasteiger partial charge in [-0.05, 0) is 56.5 Å². The quantitative estimate of drug-likeness (QED) is 0.252. The number of benzene rings is 1. The minimum absolute atomic E-state index is 0.0981. The Morgan fingerprint density at radius 1 is 1.27 bits per heavy atom. The summed E-state index contributed by atoms with van der Waals surface area (Å²) in [5.74, 6) is -0.977. The van der Waals surface area contributed by atoms with Gasteiger partial charge in [-0.15, -0.1) is 11.3 Å². The zero-order valence-corrected chi connectivity index (χ0v) is 25.2. The fraction of sp³-hybridized carbons (Fsp3) is 0.500. The summed E-state index contributed by atoms with van der Waals surface area (Å²) in [7, 11) is 5.26. The molecule has 1 unspecified atom stereocenters. The Bertz CT molecular complexity index is 1200. The molecule has 0 spiro atoms. The summed E-state index contributed by atoms with van der Waals surface area (Å²) in [6.45, 7) is 1.47. The predicted molar refractivity (Wildman–Crippen MR) is 160 cm³/mol. The largest absolute Gasteiger partial charge is 0.390 e. The standard InChI is InChI=1S/C26H32ClN5O4S.C2H6N2/c1-30-10-3-4-18(14-30)12-20(24(35)25-28-9-11-37-25)29-22(33)15-32-21(26(36)31(2)16-23(32)34)13-17-5-7-19(27)8-6-17;1-4-2-3/h5-9,11,18,20-21H,3-4,10,12-16H2,1-2H3,(H,29,33);2H,1H3,(H2,3,4)/t18?,20-,21-;/m0./s1. The van der Waals surface area contributed by atoms with Gasteiger partial charge < -0.3 is 25.8 Å². The van der Waals surface area contributed by atoms with Gasteiger partial charge in [0.25, 0.3) is 0 Å². The second kappa shape index (κ2) is 15.6. The van der Waals surface area contributed by atoms with E-state index in [1.54, 1.807) is 49.9 Å². The summed E-state index contributed by atoms with van der Waals surface area (Å²) >= 11 is 7.23. The first-order valence-electron chi connectivity index (χ1n) is 13.5. The number of likely N-dealkylation sites (N-methyl/N-ethyl adjacent to an activating group) is 1. The Hall–Kier alpha value is -3.35. The van der Waals surface area contributed by atoms with Crippen LogP contribution >= 0.6 is 22.9 Å². The maximum absolute atomic E-state index is 13.3. The molecule has 11 nitrogen and oxygen atoms in total. The Morgan fingerprint density at radius 2 is 1.98 bits per heavy atom. The van der Waals surface area contributed by atoms with Crippen molar-refractivity contribution in [3.8, 4) is 0 Å². The number of aliphatic imine (C=N–C) groups is 1. The smallest absolute Gasteiger partial charge is 0.245 e. The highest BCUT2D eigenvalue weighted by atomic mass is 35.5. The molecule has 41 heavy (non-hydrogen) atoms. The third-order valence-electron chi connectivity index (χ3n) is 7.12. The van der Waals surface area contributed by atoms with Gasteiger partial charge in [0.2, 0.25) is 23.5 Å². The van der Waals surface area contributed by atoms with Crippen LogP contribution in [0.4, 0.5) is 0 Å². The van der Waals surface area contributed by atoms with Crippen LogP contribution in [0.15, 0.2) is 40.8 Å². The number of amides is 3. The third-order valence-corrected chi connectivity index (χ3v) is 8.16. The molecule has 1 aromatic heterocycles. The van der Waals surface area contributed by atoms with Crippen molar-refractivity contribution in [3.05, 3.63) is 51.4 Å². The highest BCUT2D eigenvalue weighted by Crippen LogP contribution is 2.23. The zero-order chi connectivity index (χ0) is 29.9. The van der Waals surface area contributed by atoms with Crippen LogP contribution in [-0.4, -0.2) is 109 Å². The molecule has 0 aliphatic carbocycles. The number of rotatable bonds is 9. The fourth-order valence-electron chi connectivity index (χ4n) is 5.09. The summed E-state index contributed by atoms with van der Waals surface area (Å²) in [6.07, 6.45) is 5.60. The van der Waals surface area contributed by atoms with Crippen LogP contribution in [0, 0.1) is 5.92 Å². The van der Waals surface area contributed by atoms with Gasteiger partial charge in [0.15, 0.2) is 5.01 Å². The number of Topliss-reactive ketones (excluding diaryl/α,β-unsaturated/α-hetero) is 1. The second-order valence-corrected chi connectivity index (χ2v) is 11.6. The van der Waals surface area contributed by atoms with Crippen molar-refractivity contribution in [1.29, 1.82) is 0 Å². The number of hydrogen-bond acceptors (Lipinski definition) is 8. The van der Waals surface area contributed by atoms with Gasteiger partial charge in [-0.2, -0.15) is 0 Å². The van der Waals surface area contributed by atoms with Gasteiger partial charge in [-0.3, -0.25) is 24.2 Å². The van der Waals surface area contributed by atoms with Crippen LogP contribution in [0.3, 0.4) is 0 Å². The molecular weight excluding hydrogens is 566 g/mol. The Morgan fingerprint density at radius 3 is 2.59 bits per heavy atom. The van der Waals surface area contributed by atoms with Crippen molar-refractivity contribution in [2.24, 2.45) is 16.6 Å². The summed E-state index contributed by atoms with van der Waals surface area (Å²) in [6, 6.07) is 5.49. The predicted octanol–water partition coefficient (Wildman–Crippen LogP) is 1.71. The number of nitrogens with two attached hydrogens (primary N) is 1. The Kier molecular flexibility index (Phi) is 12.2.